The topological polar surface area (TPSA) is 38.0 Å². The van der Waals surface area contributed by atoms with Gasteiger partial charge in [-0.1, -0.05) is 11.6 Å². The number of halogens is 4. The molecule has 0 aliphatic rings. The Hall–Kier alpha value is -0.760. The van der Waals surface area contributed by atoms with Gasteiger partial charge in [0.05, 0.1) is 6.04 Å². The van der Waals surface area contributed by atoms with Crippen LogP contribution >= 0.6 is 34.2 Å². The van der Waals surface area contributed by atoms with Gasteiger partial charge in [0.25, 0.3) is 0 Å². The van der Waals surface area contributed by atoms with Crippen molar-refractivity contribution < 1.29 is 8.78 Å². The molecular formula is C13H10ClF2IN2. The molecule has 3 N–H and O–H groups in total. The standard InChI is InChI=1S/C13H10ClF2IN2/c14-7-1-4-12(17)10(5-7)13(19-18)9-6-8(15)2-3-11(9)16/h1-6,13,19H,18H2. The highest BCUT2D eigenvalue weighted by molar-refractivity contribution is 14.1. The van der Waals surface area contributed by atoms with Crippen LogP contribution in [0, 0.1) is 15.2 Å². The Bertz CT molecular complexity index is 556. The average Bonchev–Trinajstić information content (AvgIpc) is 2.38. The summed E-state index contributed by atoms with van der Waals surface area (Å²) in [6.45, 7) is 0. The molecule has 6 heteroatoms. The molecule has 0 heterocycles. The molecule has 0 saturated heterocycles. The van der Waals surface area contributed by atoms with E-state index in [-0.39, 0.29) is 5.56 Å². The maximum absolute atomic E-state index is 13.8. The molecule has 100 valence electrons. The second-order valence-electron chi connectivity index (χ2n) is 3.93. The Balaban J connectivity index is 2.55. The summed E-state index contributed by atoms with van der Waals surface area (Å²) in [7, 11) is 0. The summed E-state index contributed by atoms with van der Waals surface area (Å²) in [5, 5.41) is 0.507. The molecular weight excluding hydrogens is 385 g/mol. The van der Waals surface area contributed by atoms with Gasteiger partial charge < -0.3 is 0 Å². The predicted octanol–water partition coefficient (Wildman–Crippen LogP) is 3.78. The second-order valence-corrected chi connectivity index (χ2v) is 5.53. The SMILES string of the molecule is NNC(c1cc(F)ccc1F)c1cc(Cl)ccc1I. The molecule has 2 aromatic carbocycles. The van der Waals surface area contributed by atoms with Crippen molar-refractivity contribution in [2.75, 3.05) is 0 Å². The molecule has 0 fully saturated rings. The van der Waals surface area contributed by atoms with Crippen LogP contribution < -0.4 is 11.3 Å². The first kappa shape index (κ1) is 14.6. The van der Waals surface area contributed by atoms with Crippen molar-refractivity contribution in [3.8, 4) is 0 Å². The molecule has 0 aromatic heterocycles. The molecule has 0 radical (unpaired) electrons. The van der Waals surface area contributed by atoms with Gasteiger partial charge >= 0.3 is 0 Å². The summed E-state index contributed by atoms with van der Waals surface area (Å²) in [6, 6.07) is 7.79. The Morgan fingerprint density at radius 3 is 2.53 bits per heavy atom. The quantitative estimate of drug-likeness (QED) is 0.472. The highest BCUT2D eigenvalue weighted by atomic mass is 127. The lowest BCUT2D eigenvalue weighted by atomic mass is 9.99. The van der Waals surface area contributed by atoms with E-state index in [9.17, 15) is 8.78 Å². The van der Waals surface area contributed by atoms with Gasteiger partial charge in [-0.05, 0) is 64.6 Å². The zero-order valence-corrected chi connectivity index (χ0v) is 12.5. The molecule has 1 atom stereocenters. The molecule has 0 amide bonds. The van der Waals surface area contributed by atoms with Crippen molar-refractivity contribution in [3.05, 3.63) is 67.8 Å². The van der Waals surface area contributed by atoms with Crippen LogP contribution in [-0.4, -0.2) is 0 Å². The van der Waals surface area contributed by atoms with E-state index in [1.807, 2.05) is 0 Å². The zero-order valence-electron chi connectivity index (χ0n) is 9.63. The van der Waals surface area contributed by atoms with E-state index in [4.69, 9.17) is 17.4 Å². The van der Waals surface area contributed by atoms with Crippen LogP contribution in [-0.2, 0) is 0 Å². The fourth-order valence-electron chi connectivity index (χ4n) is 1.82. The number of nitrogens with one attached hydrogen (secondary N) is 1. The molecule has 2 nitrogen and oxygen atoms in total. The van der Waals surface area contributed by atoms with Crippen LogP contribution in [0.2, 0.25) is 5.02 Å². The van der Waals surface area contributed by atoms with Crippen LogP contribution in [0.3, 0.4) is 0 Å². The first-order chi connectivity index (χ1) is 9.02. The van der Waals surface area contributed by atoms with E-state index in [1.54, 1.807) is 18.2 Å². The van der Waals surface area contributed by atoms with Gasteiger partial charge in [-0.2, -0.15) is 0 Å². The Kier molecular flexibility index (Phi) is 4.72. The molecule has 0 bridgehead atoms. The summed E-state index contributed by atoms with van der Waals surface area (Å²) in [5.74, 6) is 4.44. The summed E-state index contributed by atoms with van der Waals surface area (Å²) in [4.78, 5) is 0. The highest BCUT2D eigenvalue weighted by Gasteiger charge is 2.20. The van der Waals surface area contributed by atoms with Gasteiger partial charge in [0.15, 0.2) is 0 Å². The van der Waals surface area contributed by atoms with Gasteiger partial charge in [-0.25, -0.2) is 14.2 Å². The van der Waals surface area contributed by atoms with Gasteiger partial charge in [0.1, 0.15) is 11.6 Å². The molecule has 0 aliphatic carbocycles. The number of hydrogen-bond acceptors (Lipinski definition) is 2. The minimum Gasteiger partial charge on any atom is -0.271 e. The van der Waals surface area contributed by atoms with Crippen molar-refractivity contribution in [1.29, 1.82) is 0 Å². The van der Waals surface area contributed by atoms with Crippen LogP contribution in [0.15, 0.2) is 36.4 Å². The van der Waals surface area contributed by atoms with Gasteiger partial charge in [0, 0.05) is 14.2 Å². The van der Waals surface area contributed by atoms with Crippen LogP contribution in [0.1, 0.15) is 17.2 Å². The monoisotopic (exact) mass is 394 g/mol. The van der Waals surface area contributed by atoms with Crippen molar-refractivity contribution >= 4 is 34.2 Å². The molecule has 0 saturated carbocycles. The van der Waals surface area contributed by atoms with E-state index < -0.39 is 17.7 Å². The third-order valence-electron chi connectivity index (χ3n) is 2.70. The van der Waals surface area contributed by atoms with E-state index in [0.717, 1.165) is 21.8 Å². The molecule has 2 rings (SSSR count). The van der Waals surface area contributed by atoms with Crippen molar-refractivity contribution in [1.82, 2.24) is 5.43 Å². The predicted molar refractivity (Wildman–Crippen MR) is 79.7 cm³/mol. The Morgan fingerprint density at radius 1 is 1.11 bits per heavy atom. The van der Waals surface area contributed by atoms with E-state index in [1.165, 1.54) is 0 Å². The van der Waals surface area contributed by atoms with Gasteiger partial charge in [0.2, 0.25) is 0 Å². The minimum atomic E-state index is -0.665. The Labute approximate surface area is 128 Å². The number of rotatable bonds is 3. The van der Waals surface area contributed by atoms with E-state index >= 15 is 0 Å². The van der Waals surface area contributed by atoms with E-state index in [0.29, 0.717) is 10.6 Å². The Morgan fingerprint density at radius 2 is 1.84 bits per heavy atom. The summed E-state index contributed by atoms with van der Waals surface area (Å²) in [6.07, 6.45) is 0. The normalized spacial score (nSPS) is 12.5. The largest absolute Gasteiger partial charge is 0.271 e. The molecule has 0 spiro atoms. The fraction of sp³-hybridized carbons (Fsp3) is 0.0769. The lowest BCUT2D eigenvalue weighted by molar-refractivity contribution is 0.544. The summed E-state index contributed by atoms with van der Waals surface area (Å²) < 4.78 is 28.0. The average molecular weight is 395 g/mol. The van der Waals surface area contributed by atoms with E-state index in [2.05, 4.69) is 28.0 Å². The number of benzene rings is 2. The minimum absolute atomic E-state index is 0.141. The van der Waals surface area contributed by atoms with Crippen molar-refractivity contribution in [3.63, 3.8) is 0 Å². The van der Waals surface area contributed by atoms with Crippen molar-refractivity contribution in [2.24, 2.45) is 5.84 Å². The first-order valence-electron chi connectivity index (χ1n) is 5.39. The zero-order chi connectivity index (χ0) is 14.0. The third kappa shape index (κ3) is 3.22. The number of hydrogen-bond donors (Lipinski definition) is 2. The fourth-order valence-corrected chi connectivity index (χ4v) is 2.65. The molecule has 19 heavy (non-hydrogen) atoms. The third-order valence-corrected chi connectivity index (χ3v) is 3.92. The lowest BCUT2D eigenvalue weighted by Gasteiger charge is -2.19. The summed E-state index contributed by atoms with van der Waals surface area (Å²) in [5.41, 5.74) is 3.34. The number of nitrogens with two attached hydrogens (primary N) is 1. The smallest absolute Gasteiger partial charge is 0.128 e. The summed E-state index contributed by atoms with van der Waals surface area (Å²) >= 11 is 8.03. The maximum Gasteiger partial charge on any atom is 0.128 e. The molecule has 2 aromatic rings. The van der Waals surface area contributed by atoms with Gasteiger partial charge in [-0.3, -0.25) is 5.84 Å². The van der Waals surface area contributed by atoms with Crippen LogP contribution in [0.4, 0.5) is 8.78 Å². The van der Waals surface area contributed by atoms with Crippen molar-refractivity contribution in [2.45, 2.75) is 6.04 Å². The second kappa shape index (κ2) is 6.13. The molecule has 1 unspecified atom stereocenters. The molecule has 0 aliphatic heterocycles. The lowest BCUT2D eigenvalue weighted by Crippen LogP contribution is -2.30. The van der Waals surface area contributed by atoms with Crippen LogP contribution in [0.5, 0.6) is 0 Å². The van der Waals surface area contributed by atoms with Gasteiger partial charge in [-0.15, -0.1) is 0 Å². The highest BCUT2D eigenvalue weighted by Crippen LogP contribution is 2.30. The number of hydrazine groups is 1. The van der Waals surface area contributed by atoms with Crippen LogP contribution in [0.25, 0.3) is 0 Å². The first-order valence-corrected chi connectivity index (χ1v) is 6.84. The maximum atomic E-state index is 13.8.